The van der Waals surface area contributed by atoms with Gasteiger partial charge in [-0.25, -0.2) is 9.76 Å². The van der Waals surface area contributed by atoms with Crippen molar-refractivity contribution in [1.82, 2.24) is 15.1 Å². The van der Waals surface area contributed by atoms with Crippen LogP contribution < -0.4 is 10.4 Å². The molecule has 0 aromatic heterocycles. The third kappa shape index (κ3) is 10.9. The predicted octanol–water partition coefficient (Wildman–Crippen LogP) is 3.96. The first kappa shape index (κ1) is 32.2. The Morgan fingerprint density at radius 3 is 2.39 bits per heavy atom. The van der Waals surface area contributed by atoms with Gasteiger partial charge in [-0.15, -0.1) is 0 Å². The summed E-state index contributed by atoms with van der Waals surface area (Å²) in [5.41, 5.74) is 0. The maximum absolute atomic E-state index is 9.01. The molecule has 0 amide bonds. The standard InChI is InChI=1S/C24H45N5O6P2S/c1-18(2)29(19(3)4)36(31-12-7-10-25)32-16-23-21(9-14-30-23)28-37(38,33-13-8-11-26)34-17-24-22(27-6)15-20(5)35-24/h18-24,27H,7-9,12-17H2,1-6H3,(H,28,38)/t20-,21-,22-,23+,24+,36?,37?/m0/s1/i14T/t14-,20-,21-,22-,23+,24+,36?,37?. The van der Waals surface area contributed by atoms with Crippen LogP contribution in [0.4, 0.5) is 0 Å². The molecule has 2 aliphatic heterocycles. The second kappa shape index (κ2) is 17.5. The molecule has 2 N–H and O–H groups in total. The predicted molar refractivity (Wildman–Crippen MR) is 151 cm³/mol. The van der Waals surface area contributed by atoms with E-state index in [1.165, 1.54) is 0 Å². The summed E-state index contributed by atoms with van der Waals surface area (Å²) in [6.07, 6.45) is 1.13. The van der Waals surface area contributed by atoms with E-state index in [1.807, 2.05) is 14.0 Å². The summed E-state index contributed by atoms with van der Waals surface area (Å²) in [6.45, 7) is 7.29. The van der Waals surface area contributed by atoms with Crippen LogP contribution in [0.1, 0.15) is 61.7 Å². The van der Waals surface area contributed by atoms with E-state index in [9.17, 15) is 0 Å². The normalized spacial score (nSPS) is 30.3. The molecule has 2 fully saturated rings. The Morgan fingerprint density at radius 2 is 1.76 bits per heavy atom. The number of rotatable bonds is 18. The molecule has 14 heteroatoms. The van der Waals surface area contributed by atoms with Crippen molar-refractivity contribution in [2.24, 2.45) is 0 Å². The monoisotopic (exact) mass is 595 g/mol. The second-order valence-electron chi connectivity index (χ2n) is 9.81. The molecule has 0 aromatic carbocycles. The molecule has 2 rings (SSSR count). The highest BCUT2D eigenvalue weighted by molar-refractivity contribution is 8.09. The van der Waals surface area contributed by atoms with Gasteiger partial charge in [0.1, 0.15) is 0 Å². The first-order valence-corrected chi connectivity index (χ1v) is 17.0. The van der Waals surface area contributed by atoms with E-state index in [0.717, 1.165) is 6.42 Å². The summed E-state index contributed by atoms with van der Waals surface area (Å²) in [7, 11) is 0.434. The molecular weight excluding hydrogens is 548 g/mol. The van der Waals surface area contributed by atoms with Gasteiger partial charge in [-0.2, -0.15) is 10.5 Å². The van der Waals surface area contributed by atoms with Gasteiger partial charge in [0, 0.05) is 30.8 Å². The Labute approximate surface area is 236 Å². The van der Waals surface area contributed by atoms with Crippen molar-refractivity contribution < 1.29 is 28.9 Å². The molecule has 0 aromatic rings. The van der Waals surface area contributed by atoms with Crippen LogP contribution in [0, 0.1) is 22.7 Å². The van der Waals surface area contributed by atoms with Crippen molar-refractivity contribution in [2.75, 3.05) is 40.1 Å². The topological polar surface area (TPSA) is 130 Å². The summed E-state index contributed by atoms with van der Waals surface area (Å²) >= 11 is 5.85. The fraction of sp³-hybridized carbons (Fsp3) is 0.917. The molecule has 0 radical (unpaired) electrons. The van der Waals surface area contributed by atoms with E-state index in [-0.39, 0.29) is 75.6 Å². The number of hydrogen-bond donors (Lipinski definition) is 2. The van der Waals surface area contributed by atoms with Crippen molar-refractivity contribution in [3.8, 4) is 12.1 Å². The van der Waals surface area contributed by atoms with Gasteiger partial charge in [-0.1, -0.05) is 0 Å². The van der Waals surface area contributed by atoms with Crippen LogP contribution in [-0.4, -0.2) is 87.2 Å². The largest absolute Gasteiger partial charge is 0.374 e. The minimum atomic E-state index is -3.06. The third-order valence-electron chi connectivity index (χ3n) is 6.10. The summed E-state index contributed by atoms with van der Waals surface area (Å²) in [5, 5.41) is 24.6. The lowest BCUT2D eigenvalue weighted by Gasteiger charge is -2.36. The highest BCUT2D eigenvalue weighted by Gasteiger charge is 2.38. The minimum Gasteiger partial charge on any atom is -0.374 e. The van der Waals surface area contributed by atoms with E-state index in [0.29, 0.717) is 6.42 Å². The molecule has 38 heavy (non-hydrogen) atoms. The number of nitrogens with zero attached hydrogens (tertiary/aromatic N) is 3. The highest BCUT2D eigenvalue weighted by Crippen LogP contribution is 2.48. The molecule has 11 nitrogen and oxygen atoms in total. The lowest BCUT2D eigenvalue weighted by molar-refractivity contribution is 0.0170. The average Bonchev–Trinajstić information content (AvgIpc) is 3.41. The molecule has 2 saturated heterocycles. The zero-order valence-electron chi connectivity index (χ0n) is 24.4. The van der Waals surface area contributed by atoms with Crippen LogP contribution >= 0.6 is 15.2 Å². The maximum atomic E-state index is 9.01. The van der Waals surface area contributed by atoms with Gasteiger partial charge >= 0.3 is 0 Å². The number of nitrogens with one attached hydrogen (secondary N) is 2. The maximum Gasteiger partial charge on any atom is 0.261 e. The zero-order chi connectivity index (χ0) is 29.0. The summed E-state index contributed by atoms with van der Waals surface area (Å²) in [4.78, 5) is 0. The molecule has 2 aliphatic rings. The van der Waals surface area contributed by atoms with E-state index in [1.54, 1.807) is 0 Å². The zero-order valence-corrected chi connectivity index (χ0v) is 26.0. The van der Waals surface area contributed by atoms with E-state index in [2.05, 4.69) is 54.9 Å². The Kier molecular flexibility index (Phi) is 14.8. The average molecular weight is 596 g/mol. The van der Waals surface area contributed by atoms with Gasteiger partial charge in [0.15, 0.2) is 0 Å². The molecule has 218 valence electrons. The fourth-order valence-corrected chi connectivity index (χ4v) is 8.39. The molecule has 0 bridgehead atoms. The summed E-state index contributed by atoms with van der Waals surface area (Å²) in [5.74, 6) is 0. The van der Waals surface area contributed by atoms with Crippen LogP contribution in [0.3, 0.4) is 0 Å². The van der Waals surface area contributed by atoms with Crippen molar-refractivity contribution >= 4 is 27.0 Å². The van der Waals surface area contributed by atoms with Gasteiger partial charge in [-0.3, -0.25) is 0 Å². The lowest BCUT2D eigenvalue weighted by Crippen LogP contribution is -2.40. The Morgan fingerprint density at radius 1 is 1.08 bits per heavy atom. The molecule has 0 aliphatic carbocycles. The van der Waals surface area contributed by atoms with Gasteiger partial charge in [0.05, 0.1) is 71.1 Å². The Balaban J connectivity index is 2.11. The lowest BCUT2D eigenvalue weighted by atomic mass is 10.1. The van der Waals surface area contributed by atoms with Crippen LogP contribution in [0.15, 0.2) is 0 Å². The molecule has 2 heterocycles. The molecule has 8 atom stereocenters. The number of ether oxygens (including phenoxy) is 2. The van der Waals surface area contributed by atoms with Crippen molar-refractivity contribution in [3.05, 3.63) is 0 Å². The summed E-state index contributed by atoms with van der Waals surface area (Å²) in [6, 6.07) is 4.28. The SMILES string of the molecule is [3H][C@H]1C[C@H](NP(=S)(OCCC#N)OC[C@H]2O[C@@H](C)C[C@@H]2NC)[C@@H](COP(OCCC#N)N(C(C)C)C(C)C)O1. The molecule has 0 spiro atoms. The van der Waals surface area contributed by atoms with Gasteiger partial charge in [0.25, 0.3) is 15.2 Å². The van der Waals surface area contributed by atoms with Gasteiger partial charge in [0.2, 0.25) is 0 Å². The second-order valence-corrected chi connectivity index (χ2v) is 14.5. The summed E-state index contributed by atoms with van der Waals surface area (Å²) < 4.78 is 46.7. The van der Waals surface area contributed by atoms with Crippen LogP contribution in [0.2, 0.25) is 0 Å². The quantitative estimate of drug-likeness (QED) is 0.176. The highest BCUT2D eigenvalue weighted by atomic mass is 32.5. The Hall–Kier alpha value is -0.300. The van der Waals surface area contributed by atoms with Crippen LogP contribution in [-0.2, 0) is 39.4 Å². The van der Waals surface area contributed by atoms with Crippen molar-refractivity contribution in [2.45, 2.75) is 103 Å². The minimum absolute atomic E-state index is 0.108. The van der Waals surface area contributed by atoms with Crippen molar-refractivity contribution in [1.29, 1.82) is 10.5 Å². The molecular formula is C24H45N5O6P2S. The molecule has 2 unspecified atom stereocenters. The number of nitriles is 2. The smallest absolute Gasteiger partial charge is 0.261 e. The Bertz CT molecular complexity index is 858. The third-order valence-corrected chi connectivity index (χ3v) is 10.8. The van der Waals surface area contributed by atoms with Crippen LogP contribution in [0.25, 0.3) is 0 Å². The molecule has 0 saturated carbocycles. The first-order chi connectivity index (χ1) is 18.5. The number of likely N-dealkylation sites (N-methyl/N-ethyl adjacent to an activating group) is 1. The van der Waals surface area contributed by atoms with Crippen LogP contribution in [0.5, 0.6) is 0 Å². The van der Waals surface area contributed by atoms with E-state index >= 15 is 0 Å². The van der Waals surface area contributed by atoms with E-state index in [4.69, 9.17) is 51.3 Å². The van der Waals surface area contributed by atoms with Gasteiger partial charge in [-0.05, 0) is 66.3 Å². The number of hydrogen-bond acceptors (Lipinski definition) is 11. The van der Waals surface area contributed by atoms with Crippen molar-refractivity contribution in [3.63, 3.8) is 0 Å². The fourth-order valence-electron chi connectivity index (χ4n) is 4.39. The first-order valence-electron chi connectivity index (χ1n) is 13.8. The van der Waals surface area contributed by atoms with Gasteiger partial charge < -0.3 is 32.9 Å². The van der Waals surface area contributed by atoms with E-state index < -0.39 is 27.9 Å².